The second-order valence-electron chi connectivity index (χ2n) is 8.89. The first-order chi connectivity index (χ1) is 17.8. The number of aromatic nitrogens is 2. The zero-order chi connectivity index (χ0) is 26.1. The fourth-order valence-electron chi connectivity index (χ4n) is 4.46. The van der Waals surface area contributed by atoms with Gasteiger partial charge in [0.25, 0.3) is 11.6 Å². The second kappa shape index (κ2) is 10.0. The van der Waals surface area contributed by atoms with Crippen LogP contribution in [0.15, 0.2) is 72.9 Å². The van der Waals surface area contributed by atoms with Crippen LogP contribution in [0.5, 0.6) is 0 Å². The molecule has 0 bridgehead atoms. The van der Waals surface area contributed by atoms with E-state index in [-0.39, 0.29) is 17.9 Å². The molecule has 0 radical (unpaired) electrons. The van der Waals surface area contributed by atoms with Gasteiger partial charge in [-0.1, -0.05) is 35.9 Å². The summed E-state index contributed by atoms with van der Waals surface area (Å²) in [6, 6.07) is 18.5. The van der Waals surface area contributed by atoms with Gasteiger partial charge in [0.05, 0.1) is 34.3 Å². The molecule has 5 aromatic rings. The Morgan fingerprint density at radius 1 is 1.14 bits per heavy atom. The van der Waals surface area contributed by atoms with Crippen LogP contribution in [0.25, 0.3) is 33.1 Å². The highest BCUT2D eigenvalue weighted by Crippen LogP contribution is 2.30. The Bertz CT molecular complexity index is 1660. The molecule has 3 N–H and O–H groups in total. The Labute approximate surface area is 217 Å². The number of fused-ring (bicyclic) bond motifs is 2. The number of halogens is 1. The molecule has 2 heterocycles. The summed E-state index contributed by atoms with van der Waals surface area (Å²) in [5, 5.41) is 26.4. The molecule has 9 heteroatoms. The monoisotopic (exact) mass is 514 g/mol. The minimum atomic E-state index is -0.574. The number of non-ortho nitro benzene ring substituents is 1. The van der Waals surface area contributed by atoms with Crippen molar-refractivity contribution in [2.75, 3.05) is 6.61 Å². The van der Waals surface area contributed by atoms with Crippen LogP contribution in [0.1, 0.15) is 21.5 Å². The third kappa shape index (κ3) is 4.89. The number of nitrogens with zero attached hydrogens (tertiary/aromatic N) is 2. The minimum absolute atomic E-state index is 0.143. The zero-order valence-electron chi connectivity index (χ0n) is 19.9. The first-order valence-corrected chi connectivity index (χ1v) is 12.0. The average Bonchev–Trinajstić information content (AvgIpc) is 3.31. The van der Waals surface area contributed by atoms with Crippen LogP contribution in [0.4, 0.5) is 5.69 Å². The van der Waals surface area contributed by atoms with Gasteiger partial charge in [0.1, 0.15) is 0 Å². The van der Waals surface area contributed by atoms with E-state index < -0.39 is 16.9 Å². The molecule has 1 atom stereocenters. The van der Waals surface area contributed by atoms with E-state index in [9.17, 15) is 20.0 Å². The summed E-state index contributed by atoms with van der Waals surface area (Å²) in [7, 11) is 0. The predicted molar refractivity (Wildman–Crippen MR) is 144 cm³/mol. The van der Waals surface area contributed by atoms with E-state index in [4.69, 9.17) is 11.6 Å². The molecule has 0 saturated heterocycles. The number of aryl methyl sites for hydroxylation is 1. The normalized spacial score (nSPS) is 12.1. The number of hydrogen-bond donors (Lipinski definition) is 3. The van der Waals surface area contributed by atoms with Gasteiger partial charge >= 0.3 is 0 Å². The van der Waals surface area contributed by atoms with Crippen molar-refractivity contribution in [3.05, 3.63) is 105 Å². The highest BCUT2D eigenvalue weighted by molar-refractivity contribution is 6.31. The number of aromatic amines is 1. The van der Waals surface area contributed by atoms with Gasteiger partial charge in [-0.25, -0.2) is 4.98 Å². The quantitative estimate of drug-likeness (QED) is 0.193. The molecule has 8 nitrogen and oxygen atoms in total. The fraction of sp³-hybridized carbons (Fsp3) is 0.143. The number of nitro benzene ring substituents is 1. The number of pyridine rings is 1. The lowest BCUT2D eigenvalue weighted by Crippen LogP contribution is -2.39. The van der Waals surface area contributed by atoms with Gasteiger partial charge in [-0.05, 0) is 54.8 Å². The third-order valence-corrected chi connectivity index (χ3v) is 6.82. The SMILES string of the molecule is Cc1cc(-c2cc(C(=O)N[C@@H](CO)Cc3c[nH]c4ccccc34)c3cc([N+](=O)[O-])ccc3n2)ccc1Cl. The first-order valence-electron chi connectivity index (χ1n) is 11.7. The van der Waals surface area contributed by atoms with E-state index in [1.165, 1.54) is 18.2 Å². The van der Waals surface area contributed by atoms with Crippen molar-refractivity contribution in [2.45, 2.75) is 19.4 Å². The molecule has 0 spiro atoms. The summed E-state index contributed by atoms with van der Waals surface area (Å²) >= 11 is 6.19. The molecule has 37 heavy (non-hydrogen) atoms. The molecule has 5 rings (SSSR count). The number of amides is 1. The van der Waals surface area contributed by atoms with Crippen LogP contribution in [-0.2, 0) is 6.42 Å². The Morgan fingerprint density at radius 3 is 2.70 bits per heavy atom. The van der Waals surface area contributed by atoms with E-state index >= 15 is 0 Å². The number of aliphatic hydroxyl groups is 1. The van der Waals surface area contributed by atoms with E-state index in [1.54, 1.807) is 12.1 Å². The van der Waals surface area contributed by atoms with Crippen LogP contribution in [0.2, 0.25) is 5.02 Å². The number of hydrogen-bond acceptors (Lipinski definition) is 5. The largest absolute Gasteiger partial charge is 0.394 e. The number of aliphatic hydroxyl groups excluding tert-OH is 1. The van der Waals surface area contributed by atoms with E-state index in [2.05, 4.69) is 15.3 Å². The van der Waals surface area contributed by atoms with Crippen molar-refractivity contribution in [3.8, 4) is 11.3 Å². The van der Waals surface area contributed by atoms with Gasteiger partial charge in [0, 0.05) is 45.2 Å². The lowest BCUT2D eigenvalue weighted by Gasteiger charge is -2.17. The summed E-state index contributed by atoms with van der Waals surface area (Å²) in [5.41, 5.74) is 4.60. The molecule has 0 aliphatic carbocycles. The molecule has 0 fully saturated rings. The van der Waals surface area contributed by atoms with Crippen LogP contribution >= 0.6 is 11.6 Å². The molecule has 1 amide bonds. The predicted octanol–water partition coefficient (Wildman–Crippen LogP) is 5.59. The lowest BCUT2D eigenvalue weighted by atomic mass is 10.0. The third-order valence-electron chi connectivity index (χ3n) is 6.40. The zero-order valence-corrected chi connectivity index (χ0v) is 20.6. The molecule has 0 saturated carbocycles. The topological polar surface area (TPSA) is 121 Å². The van der Waals surface area contributed by atoms with Crippen LogP contribution in [0, 0.1) is 17.0 Å². The maximum atomic E-state index is 13.6. The molecule has 2 aromatic heterocycles. The highest BCUT2D eigenvalue weighted by atomic mass is 35.5. The summed E-state index contributed by atoms with van der Waals surface area (Å²) < 4.78 is 0. The number of nitro groups is 1. The summed E-state index contributed by atoms with van der Waals surface area (Å²) in [6.07, 6.45) is 2.27. The minimum Gasteiger partial charge on any atom is -0.394 e. The van der Waals surface area contributed by atoms with Crippen molar-refractivity contribution in [2.24, 2.45) is 0 Å². The maximum absolute atomic E-state index is 13.6. The summed E-state index contributed by atoms with van der Waals surface area (Å²) in [5.74, 6) is -0.460. The molecular formula is C28H23ClN4O4. The Hall–Kier alpha value is -4.27. The highest BCUT2D eigenvalue weighted by Gasteiger charge is 2.21. The molecule has 0 unspecified atom stereocenters. The van der Waals surface area contributed by atoms with E-state index in [0.717, 1.165) is 27.6 Å². The van der Waals surface area contributed by atoms with Crippen molar-refractivity contribution in [1.82, 2.24) is 15.3 Å². The van der Waals surface area contributed by atoms with Crippen molar-refractivity contribution in [3.63, 3.8) is 0 Å². The first kappa shape index (κ1) is 24.4. The Kier molecular flexibility index (Phi) is 6.60. The molecular weight excluding hydrogens is 492 g/mol. The number of nitrogens with one attached hydrogen (secondary N) is 2. The van der Waals surface area contributed by atoms with E-state index in [1.807, 2.05) is 49.5 Å². The van der Waals surface area contributed by atoms with Crippen LogP contribution in [0.3, 0.4) is 0 Å². The number of para-hydroxylation sites is 1. The van der Waals surface area contributed by atoms with Gasteiger partial charge in [-0.3, -0.25) is 14.9 Å². The molecule has 3 aromatic carbocycles. The van der Waals surface area contributed by atoms with Gasteiger partial charge in [-0.2, -0.15) is 0 Å². The van der Waals surface area contributed by atoms with Crippen molar-refractivity contribution < 1.29 is 14.8 Å². The van der Waals surface area contributed by atoms with Crippen molar-refractivity contribution in [1.29, 1.82) is 0 Å². The number of H-pyrrole nitrogens is 1. The van der Waals surface area contributed by atoms with Gasteiger partial charge in [0.2, 0.25) is 0 Å². The number of benzene rings is 3. The summed E-state index contributed by atoms with van der Waals surface area (Å²) in [6.45, 7) is 1.60. The standard InChI is InChI=1S/C28H23ClN4O4/c1-16-10-17(6-8-24(16)29)27-13-23(22-12-20(33(36)37)7-9-26(22)32-27)28(35)31-19(15-34)11-18-14-30-25-5-3-2-4-21(18)25/h2-10,12-14,19,30,34H,11,15H2,1H3,(H,31,35)/t19-/m1/s1. The Balaban J connectivity index is 1.54. The molecule has 0 aliphatic heterocycles. The fourth-order valence-corrected chi connectivity index (χ4v) is 4.57. The van der Waals surface area contributed by atoms with Crippen LogP contribution in [-0.4, -0.2) is 38.6 Å². The lowest BCUT2D eigenvalue weighted by molar-refractivity contribution is -0.384. The number of rotatable bonds is 7. The second-order valence-corrected chi connectivity index (χ2v) is 9.30. The molecule has 186 valence electrons. The molecule has 0 aliphatic rings. The van der Waals surface area contributed by atoms with Gasteiger partial charge in [0.15, 0.2) is 0 Å². The van der Waals surface area contributed by atoms with Gasteiger partial charge in [-0.15, -0.1) is 0 Å². The smallest absolute Gasteiger partial charge is 0.270 e. The average molecular weight is 515 g/mol. The van der Waals surface area contributed by atoms with Crippen LogP contribution < -0.4 is 5.32 Å². The summed E-state index contributed by atoms with van der Waals surface area (Å²) in [4.78, 5) is 32.3. The van der Waals surface area contributed by atoms with E-state index in [0.29, 0.717) is 28.0 Å². The number of carbonyl (C=O) groups excluding carboxylic acids is 1. The van der Waals surface area contributed by atoms with Gasteiger partial charge < -0.3 is 15.4 Å². The Morgan fingerprint density at radius 2 is 1.95 bits per heavy atom. The van der Waals surface area contributed by atoms with Crippen molar-refractivity contribution >= 4 is 45.0 Å². The number of carbonyl (C=O) groups is 1. The maximum Gasteiger partial charge on any atom is 0.270 e.